The molecule has 0 fully saturated rings. The predicted molar refractivity (Wildman–Crippen MR) is 75.8 cm³/mol. The second-order valence-electron chi connectivity index (χ2n) is 5.56. The number of aromatic nitrogens is 2. The van der Waals surface area contributed by atoms with Crippen LogP contribution in [0.5, 0.6) is 5.75 Å². The molecule has 0 unspecified atom stereocenters. The van der Waals surface area contributed by atoms with E-state index in [0.29, 0.717) is 17.1 Å². The fraction of sp³-hybridized carbons (Fsp3) is 0.333. The summed E-state index contributed by atoms with van der Waals surface area (Å²) in [5.74, 6) is -0.330. The molecule has 0 aliphatic carbocycles. The zero-order chi connectivity index (χ0) is 14.9. The number of benzene rings is 1. The van der Waals surface area contributed by atoms with Gasteiger partial charge in [0.25, 0.3) is 0 Å². The summed E-state index contributed by atoms with van der Waals surface area (Å²) >= 11 is 0. The van der Waals surface area contributed by atoms with Crippen molar-refractivity contribution in [3.8, 4) is 11.4 Å². The monoisotopic (exact) mass is 274 g/mol. The van der Waals surface area contributed by atoms with Crippen LogP contribution < -0.4 is 4.74 Å². The van der Waals surface area contributed by atoms with Crippen LogP contribution in [-0.2, 0) is 5.41 Å². The van der Waals surface area contributed by atoms with Gasteiger partial charge in [0.05, 0.1) is 12.8 Å². The van der Waals surface area contributed by atoms with E-state index in [2.05, 4.69) is 5.10 Å². The highest BCUT2D eigenvalue weighted by atomic mass is 16.5. The van der Waals surface area contributed by atoms with Crippen molar-refractivity contribution in [3.05, 3.63) is 41.7 Å². The molecule has 0 spiro atoms. The van der Waals surface area contributed by atoms with E-state index >= 15 is 0 Å². The maximum Gasteiger partial charge on any atom is 0.339 e. The second kappa shape index (κ2) is 5.00. The number of hydrogen-bond donors (Lipinski definition) is 1. The molecule has 0 saturated carbocycles. The normalized spacial score (nSPS) is 11.4. The van der Waals surface area contributed by atoms with Gasteiger partial charge in [-0.1, -0.05) is 32.9 Å². The van der Waals surface area contributed by atoms with Crippen molar-refractivity contribution in [1.29, 1.82) is 0 Å². The Balaban J connectivity index is 2.62. The Morgan fingerprint density at radius 3 is 2.45 bits per heavy atom. The molecule has 20 heavy (non-hydrogen) atoms. The number of aromatic carboxylic acids is 1. The molecule has 2 rings (SSSR count). The van der Waals surface area contributed by atoms with E-state index in [1.54, 1.807) is 11.8 Å². The fourth-order valence-corrected chi connectivity index (χ4v) is 2.03. The van der Waals surface area contributed by atoms with Gasteiger partial charge < -0.3 is 9.84 Å². The minimum Gasteiger partial charge on any atom is -0.494 e. The van der Waals surface area contributed by atoms with E-state index in [-0.39, 0.29) is 11.0 Å². The van der Waals surface area contributed by atoms with Crippen molar-refractivity contribution >= 4 is 5.97 Å². The molecule has 0 amide bonds. The van der Waals surface area contributed by atoms with E-state index in [1.807, 2.05) is 45.0 Å². The van der Waals surface area contributed by atoms with Gasteiger partial charge in [-0.25, -0.2) is 9.48 Å². The number of methoxy groups -OCH3 is 1. The quantitative estimate of drug-likeness (QED) is 0.934. The number of nitrogens with zero attached hydrogens (tertiary/aromatic N) is 2. The highest BCUT2D eigenvalue weighted by Crippen LogP contribution is 2.28. The number of ether oxygens (including phenoxy) is 1. The van der Waals surface area contributed by atoms with E-state index in [4.69, 9.17) is 4.74 Å². The summed E-state index contributed by atoms with van der Waals surface area (Å²) in [6.45, 7) is 5.82. The first-order valence-electron chi connectivity index (χ1n) is 6.31. The van der Waals surface area contributed by atoms with E-state index in [9.17, 15) is 9.90 Å². The third-order valence-electron chi connectivity index (χ3n) is 2.99. The highest BCUT2D eigenvalue weighted by Gasteiger charge is 2.26. The van der Waals surface area contributed by atoms with Gasteiger partial charge in [-0.15, -0.1) is 0 Å². The Hall–Kier alpha value is -2.30. The number of hydrogen-bond acceptors (Lipinski definition) is 3. The summed E-state index contributed by atoms with van der Waals surface area (Å²) in [6.07, 6.45) is 1.53. The average Bonchev–Trinajstić information content (AvgIpc) is 2.83. The van der Waals surface area contributed by atoms with Crippen molar-refractivity contribution in [3.63, 3.8) is 0 Å². The lowest BCUT2D eigenvalue weighted by Crippen LogP contribution is -2.16. The van der Waals surface area contributed by atoms with Gasteiger partial charge in [0, 0.05) is 11.6 Å². The number of rotatable bonds is 3. The highest BCUT2D eigenvalue weighted by molar-refractivity contribution is 5.89. The summed E-state index contributed by atoms with van der Waals surface area (Å²) in [5.41, 5.74) is 1.13. The molecule has 0 bridgehead atoms. The van der Waals surface area contributed by atoms with Gasteiger partial charge >= 0.3 is 5.97 Å². The standard InChI is InChI=1S/C15H18N2O3/c1-15(2,3)13-10(14(18)19)9-17(16-13)11-7-5-6-8-12(11)20-4/h5-9H,1-4H3,(H,18,19). The Morgan fingerprint density at radius 1 is 1.30 bits per heavy atom. The minimum absolute atomic E-state index is 0.211. The molecule has 106 valence electrons. The van der Waals surface area contributed by atoms with E-state index < -0.39 is 5.97 Å². The van der Waals surface area contributed by atoms with Crippen LogP contribution in [0.15, 0.2) is 30.5 Å². The SMILES string of the molecule is COc1ccccc1-n1cc(C(=O)O)c(C(C)(C)C)n1. The first kappa shape index (κ1) is 14.1. The van der Waals surface area contributed by atoms with Crippen molar-refractivity contribution < 1.29 is 14.6 Å². The van der Waals surface area contributed by atoms with Gasteiger partial charge in [-0.05, 0) is 12.1 Å². The molecule has 1 N–H and O–H groups in total. The average molecular weight is 274 g/mol. The predicted octanol–water partition coefficient (Wildman–Crippen LogP) is 2.88. The van der Waals surface area contributed by atoms with Crippen LogP contribution in [0.3, 0.4) is 0 Å². The maximum absolute atomic E-state index is 11.4. The molecule has 1 aromatic carbocycles. The summed E-state index contributed by atoms with van der Waals surface area (Å²) in [5, 5.41) is 13.8. The van der Waals surface area contributed by atoms with Gasteiger partial charge in [-0.2, -0.15) is 5.10 Å². The molecular formula is C15H18N2O3. The van der Waals surface area contributed by atoms with Crippen molar-refractivity contribution in [2.45, 2.75) is 26.2 Å². The molecule has 5 heteroatoms. The number of para-hydroxylation sites is 2. The van der Waals surface area contributed by atoms with Crippen molar-refractivity contribution in [2.24, 2.45) is 0 Å². The number of carbonyl (C=O) groups is 1. The summed E-state index contributed by atoms with van der Waals surface area (Å²) in [6, 6.07) is 7.36. The molecule has 5 nitrogen and oxygen atoms in total. The van der Waals surface area contributed by atoms with Crippen LogP contribution in [0.1, 0.15) is 36.8 Å². The van der Waals surface area contributed by atoms with Crippen LogP contribution in [0.25, 0.3) is 5.69 Å². The molecular weight excluding hydrogens is 256 g/mol. The molecule has 0 aliphatic rings. The molecule has 1 heterocycles. The largest absolute Gasteiger partial charge is 0.494 e. The zero-order valence-electron chi connectivity index (χ0n) is 12.0. The second-order valence-corrected chi connectivity index (χ2v) is 5.56. The van der Waals surface area contributed by atoms with Crippen LogP contribution >= 0.6 is 0 Å². The Morgan fingerprint density at radius 2 is 1.95 bits per heavy atom. The van der Waals surface area contributed by atoms with Crippen LogP contribution in [0, 0.1) is 0 Å². The van der Waals surface area contributed by atoms with Gasteiger partial charge in [0.1, 0.15) is 17.0 Å². The molecule has 0 atom stereocenters. The Labute approximate surface area is 117 Å². The van der Waals surface area contributed by atoms with Gasteiger partial charge in [0.2, 0.25) is 0 Å². The van der Waals surface area contributed by atoms with Crippen LogP contribution in [0.4, 0.5) is 0 Å². The summed E-state index contributed by atoms with van der Waals surface area (Å²) in [7, 11) is 1.57. The maximum atomic E-state index is 11.4. The number of carboxylic acid groups (broad SMARTS) is 1. The number of carboxylic acids is 1. The third kappa shape index (κ3) is 2.52. The van der Waals surface area contributed by atoms with Gasteiger partial charge in [0.15, 0.2) is 0 Å². The molecule has 0 aliphatic heterocycles. The van der Waals surface area contributed by atoms with Crippen LogP contribution in [-0.4, -0.2) is 28.0 Å². The van der Waals surface area contributed by atoms with E-state index in [0.717, 1.165) is 0 Å². The molecule has 0 saturated heterocycles. The van der Waals surface area contributed by atoms with Crippen LogP contribution in [0.2, 0.25) is 0 Å². The van der Waals surface area contributed by atoms with Gasteiger partial charge in [-0.3, -0.25) is 0 Å². The third-order valence-corrected chi connectivity index (χ3v) is 2.99. The smallest absolute Gasteiger partial charge is 0.339 e. The lowest BCUT2D eigenvalue weighted by molar-refractivity contribution is 0.0694. The lowest BCUT2D eigenvalue weighted by atomic mass is 9.90. The summed E-state index contributed by atoms with van der Waals surface area (Å²) < 4.78 is 6.85. The lowest BCUT2D eigenvalue weighted by Gasteiger charge is -2.16. The van der Waals surface area contributed by atoms with E-state index in [1.165, 1.54) is 6.20 Å². The topological polar surface area (TPSA) is 64.3 Å². The first-order chi connectivity index (χ1) is 9.34. The Kier molecular flexibility index (Phi) is 3.53. The molecule has 2 aromatic rings. The van der Waals surface area contributed by atoms with Crippen molar-refractivity contribution in [2.75, 3.05) is 7.11 Å². The Bertz CT molecular complexity index is 639. The first-order valence-corrected chi connectivity index (χ1v) is 6.31. The summed E-state index contributed by atoms with van der Waals surface area (Å²) in [4.78, 5) is 11.4. The molecule has 1 aromatic heterocycles. The zero-order valence-corrected chi connectivity index (χ0v) is 12.0. The van der Waals surface area contributed by atoms with Crippen molar-refractivity contribution in [1.82, 2.24) is 9.78 Å². The fourth-order valence-electron chi connectivity index (χ4n) is 2.03. The minimum atomic E-state index is -0.976. The molecule has 0 radical (unpaired) electrons.